The van der Waals surface area contributed by atoms with Gasteiger partial charge in [-0.3, -0.25) is 9.69 Å². The molecule has 108 valence electrons. The zero-order valence-corrected chi connectivity index (χ0v) is 11.9. The van der Waals surface area contributed by atoms with Gasteiger partial charge in [-0.1, -0.05) is 6.07 Å². The molecule has 2 rings (SSSR count). The molecule has 6 nitrogen and oxygen atoms in total. The highest BCUT2D eigenvalue weighted by Crippen LogP contribution is 2.07. The van der Waals surface area contributed by atoms with Gasteiger partial charge in [0.15, 0.2) is 0 Å². The Morgan fingerprint density at radius 3 is 2.80 bits per heavy atom. The fraction of sp³-hybridized carbons (Fsp3) is 0.429. The van der Waals surface area contributed by atoms with Crippen molar-refractivity contribution in [1.82, 2.24) is 19.2 Å². The number of rotatable bonds is 7. The summed E-state index contributed by atoms with van der Waals surface area (Å²) in [7, 11) is 3.95. The maximum absolute atomic E-state index is 10.9. The summed E-state index contributed by atoms with van der Waals surface area (Å²) in [6, 6.07) is 5.82. The first-order valence-corrected chi connectivity index (χ1v) is 6.56. The molecule has 0 aliphatic heterocycles. The van der Waals surface area contributed by atoms with Crippen LogP contribution in [0.3, 0.4) is 0 Å². The highest BCUT2D eigenvalue weighted by molar-refractivity contribution is 5.69. The summed E-state index contributed by atoms with van der Waals surface area (Å²) < 4.78 is 1.94. The van der Waals surface area contributed by atoms with Crippen LogP contribution in [0, 0.1) is 0 Å². The van der Waals surface area contributed by atoms with Gasteiger partial charge in [0.05, 0.1) is 12.2 Å². The number of nitrogens with zero attached hydrogens (tertiary/aromatic N) is 4. The van der Waals surface area contributed by atoms with E-state index in [2.05, 4.69) is 4.98 Å². The Hall–Kier alpha value is -1.92. The summed E-state index contributed by atoms with van der Waals surface area (Å²) in [5.41, 5.74) is 1.77. The monoisotopic (exact) mass is 276 g/mol. The van der Waals surface area contributed by atoms with Crippen LogP contribution in [-0.4, -0.2) is 64.0 Å². The largest absolute Gasteiger partial charge is 0.480 e. The topological polar surface area (TPSA) is 61.1 Å². The number of hydrogen-bond donors (Lipinski definition) is 1. The molecule has 20 heavy (non-hydrogen) atoms. The van der Waals surface area contributed by atoms with E-state index in [4.69, 9.17) is 5.11 Å². The number of aliphatic carboxylic acids is 1. The van der Waals surface area contributed by atoms with E-state index in [-0.39, 0.29) is 6.54 Å². The zero-order valence-electron chi connectivity index (χ0n) is 11.9. The van der Waals surface area contributed by atoms with Gasteiger partial charge < -0.3 is 14.4 Å². The first-order chi connectivity index (χ1) is 9.54. The molecule has 1 N–H and O–H groups in total. The maximum Gasteiger partial charge on any atom is 0.317 e. The summed E-state index contributed by atoms with van der Waals surface area (Å²) in [6.45, 7) is 2.09. The van der Waals surface area contributed by atoms with Crippen molar-refractivity contribution in [3.8, 4) is 0 Å². The van der Waals surface area contributed by atoms with Gasteiger partial charge in [0, 0.05) is 32.0 Å². The molecule has 0 amide bonds. The maximum atomic E-state index is 10.9. The Kier molecular flexibility index (Phi) is 4.70. The van der Waals surface area contributed by atoms with Crippen molar-refractivity contribution in [3.63, 3.8) is 0 Å². The van der Waals surface area contributed by atoms with Crippen molar-refractivity contribution in [2.45, 2.75) is 6.54 Å². The van der Waals surface area contributed by atoms with Crippen LogP contribution in [0.1, 0.15) is 5.69 Å². The van der Waals surface area contributed by atoms with Crippen molar-refractivity contribution in [1.29, 1.82) is 0 Å². The number of carboxylic acid groups (broad SMARTS) is 1. The highest BCUT2D eigenvalue weighted by atomic mass is 16.4. The van der Waals surface area contributed by atoms with E-state index in [0.717, 1.165) is 17.9 Å². The number of imidazole rings is 1. The lowest BCUT2D eigenvalue weighted by Gasteiger charge is -2.21. The number of hydrogen-bond acceptors (Lipinski definition) is 4. The molecule has 2 heterocycles. The summed E-state index contributed by atoms with van der Waals surface area (Å²) in [5, 5.41) is 8.99. The summed E-state index contributed by atoms with van der Waals surface area (Å²) in [6.07, 6.45) is 3.88. The minimum absolute atomic E-state index is 0.0295. The van der Waals surface area contributed by atoms with E-state index < -0.39 is 5.97 Å². The molecule has 2 aromatic heterocycles. The van der Waals surface area contributed by atoms with Gasteiger partial charge in [-0.05, 0) is 26.2 Å². The molecule has 0 bridgehead atoms. The molecule has 2 aromatic rings. The lowest BCUT2D eigenvalue weighted by atomic mass is 10.3. The van der Waals surface area contributed by atoms with Crippen molar-refractivity contribution in [2.24, 2.45) is 0 Å². The molecule has 0 aromatic carbocycles. The smallest absolute Gasteiger partial charge is 0.317 e. The van der Waals surface area contributed by atoms with Crippen molar-refractivity contribution in [3.05, 3.63) is 36.3 Å². The Labute approximate surface area is 118 Å². The van der Waals surface area contributed by atoms with Crippen LogP contribution in [0.2, 0.25) is 0 Å². The van der Waals surface area contributed by atoms with Crippen LogP contribution < -0.4 is 0 Å². The number of fused-ring (bicyclic) bond motifs is 1. The molecule has 0 radical (unpaired) electrons. The van der Waals surface area contributed by atoms with E-state index in [0.29, 0.717) is 13.1 Å². The molecule has 6 heteroatoms. The summed E-state index contributed by atoms with van der Waals surface area (Å²) >= 11 is 0. The molecular formula is C14H20N4O2. The fourth-order valence-corrected chi connectivity index (χ4v) is 2.04. The number of carboxylic acids is 1. The molecule has 0 unspecified atom stereocenters. The second-order valence-corrected chi connectivity index (χ2v) is 5.11. The third kappa shape index (κ3) is 4.04. The molecule has 0 saturated carbocycles. The van der Waals surface area contributed by atoms with E-state index in [1.54, 1.807) is 0 Å². The predicted octanol–water partition coefficient (Wildman–Crippen LogP) is 0.783. The van der Waals surface area contributed by atoms with Crippen LogP contribution in [0.15, 0.2) is 30.6 Å². The minimum Gasteiger partial charge on any atom is -0.480 e. The Morgan fingerprint density at radius 1 is 1.35 bits per heavy atom. The van der Waals surface area contributed by atoms with Crippen LogP contribution in [0.5, 0.6) is 0 Å². The van der Waals surface area contributed by atoms with Crippen molar-refractivity contribution in [2.75, 3.05) is 33.7 Å². The Morgan fingerprint density at radius 2 is 2.15 bits per heavy atom. The second-order valence-electron chi connectivity index (χ2n) is 5.11. The zero-order chi connectivity index (χ0) is 14.5. The number of carbonyl (C=O) groups is 1. The van der Waals surface area contributed by atoms with E-state index in [1.165, 1.54) is 0 Å². The summed E-state index contributed by atoms with van der Waals surface area (Å²) in [5.74, 6) is -0.812. The molecule has 0 aliphatic rings. The lowest BCUT2D eigenvalue weighted by molar-refractivity contribution is -0.138. The molecule has 0 atom stereocenters. The average molecular weight is 276 g/mol. The quantitative estimate of drug-likeness (QED) is 0.810. The molecule has 0 spiro atoms. The van der Waals surface area contributed by atoms with Crippen LogP contribution in [-0.2, 0) is 11.3 Å². The number of aromatic nitrogens is 2. The van der Waals surface area contributed by atoms with Crippen LogP contribution in [0.4, 0.5) is 0 Å². The third-order valence-corrected chi connectivity index (χ3v) is 3.02. The average Bonchev–Trinajstić information content (AvgIpc) is 2.77. The first-order valence-electron chi connectivity index (χ1n) is 6.56. The SMILES string of the molecule is CN(C)CCN(CC(=O)O)Cc1cn2ccccc2n1. The van der Waals surface area contributed by atoms with Crippen molar-refractivity contribution < 1.29 is 9.90 Å². The second kappa shape index (κ2) is 6.49. The predicted molar refractivity (Wildman–Crippen MR) is 76.7 cm³/mol. The third-order valence-electron chi connectivity index (χ3n) is 3.02. The Balaban J connectivity index is 2.07. The minimum atomic E-state index is -0.812. The first kappa shape index (κ1) is 14.5. The van der Waals surface area contributed by atoms with E-state index in [1.807, 2.05) is 58.9 Å². The van der Waals surface area contributed by atoms with Gasteiger partial charge in [0.25, 0.3) is 0 Å². The van der Waals surface area contributed by atoms with Crippen LogP contribution in [0.25, 0.3) is 5.65 Å². The highest BCUT2D eigenvalue weighted by Gasteiger charge is 2.12. The van der Waals surface area contributed by atoms with Gasteiger partial charge in [0.2, 0.25) is 0 Å². The Bertz CT molecular complexity index is 546. The molecule has 0 aliphatic carbocycles. The standard InChI is InChI=1S/C14H20N4O2/c1-16(2)7-8-17(11-14(19)20)9-12-10-18-6-4-3-5-13(18)15-12/h3-6,10H,7-9,11H2,1-2H3,(H,19,20). The van der Waals surface area contributed by atoms with Gasteiger partial charge in [-0.15, -0.1) is 0 Å². The van der Waals surface area contributed by atoms with Crippen molar-refractivity contribution >= 4 is 11.6 Å². The number of likely N-dealkylation sites (N-methyl/N-ethyl adjacent to an activating group) is 1. The van der Waals surface area contributed by atoms with Crippen LogP contribution >= 0.6 is 0 Å². The van der Waals surface area contributed by atoms with Gasteiger partial charge >= 0.3 is 5.97 Å². The molecule has 0 saturated heterocycles. The molecular weight excluding hydrogens is 256 g/mol. The lowest BCUT2D eigenvalue weighted by Crippen LogP contribution is -2.35. The van der Waals surface area contributed by atoms with E-state index in [9.17, 15) is 4.79 Å². The van der Waals surface area contributed by atoms with Gasteiger partial charge in [0.1, 0.15) is 5.65 Å². The normalized spacial score (nSPS) is 11.6. The van der Waals surface area contributed by atoms with Gasteiger partial charge in [-0.25, -0.2) is 4.98 Å². The van der Waals surface area contributed by atoms with Gasteiger partial charge in [-0.2, -0.15) is 0 Å². The fourth-order valence-electron chi connectivity index (χ4n) is 2.04. The number of pyridine rings is 1. The summed E-state index contributed by atoms with van der Waals surface area (Å²) in [4.78, 5) is 19.4. The molecule has 0 fully saturated rings. The van der Waals surface area contributed by atoms with E-state index >= 15 is 0 Å².